The van der Waals surface area contributed by atoms with E-state index in [2.05, 4.69) is 22.6 Å². The van der Waals surface area contributed by atoms with Crippen LogP contribution in [-0.2, 0) is 16.0 Å². The summed E-state index contributed by atoms with van der Waals surface area (Å²) in [5.74, 6) is 0.0745. The van der Waals surface area contributed by atoms with Crippen LogP contribution in [0.5, 0.6) is 0 Å². The Morgan fingerprint density at radius 3 is 2.44 bits per heavy atom. The number of carbonyl (C=O) groups is 3. The summed E-state index contributed by atoms with van der Waals surface area (Å²) < 4.78 is 5.82. The Balaban J connectivity index is 1.44. The summed E-state index contributed by atoms with van der Waals surface area (Å²) in [6.45, 7) is 7.04. The van der Waals surface area contributed by atoms with Gasteiger partial charge in [-0.25, -0.2) is 0 Å². The van der Waals surface area contributed by atoms with Gasteiger partial charge in [0.15, 0.2) is 5.76 Å². The summed E-state index contributed by atoms with van der Waals surface area (Å²) >= 11 is 0. The summed E-state index contributed by atoms with van der Waals surface area (Å²) in [5, 5.41) is 5.32. The Hall–Kier alpha value is -3.39. The molecule has 2 aromatic rings. The molecule has 0 unspecified atom stereocenters. The molecule has 1 aromatic heterocycles. The molecule has 1 aromatic carbocycles. The molecule has 8 nitrogen and oxygen atoms in total. The van der Waals surface area contributed by atoms with Crippen LogP contribution in [-0.4, -0.2) is 73.8 Å². The molecule has 3 amide bonds. The summed E-state index contributed by atoms with van der Waals surface area (Å²) in [6.07, 6.45) is 2.57. The molecule has 0 bridgehead atoms. The summed E-state index contributed by atoms with van der Waals surface area (Å²) in [6, 6.07) is 8.64. The fraction of sp³-hybridized carbons (Fsp3) is 0.423. The Labute approximate surface area is 200 Å². The molecule has 4 rings (SSSR count). The first kappa shape index (κ1) is 23.8. The number of amides is 3. The van der Waals surface area contributed by atoms with Crippen LogP contribution >= 0.6 is 0 Å². The highest BCUT2D eigenvalue weighted by atomic mass is 16.4. The van der Waals surface area contributed by atoms with Crippen LogP contribution in [0.1, 0.15) is 35.5 Å². The maximum absolute atomic E-state index is 13.0. The largest absolute Gasteiger partial charge is 0.451 e. The molecule has 34 heavy (non-hydrogen) atoms. The Morgan fingerprint density at radius 2 is 1.76 bits per heavy atom. The van der Waals surface area contributed by atoms with Crippen molar-refractivity contribution in [2.24, 2.45) is 5.92 Å². The zero-order chi connectivity index (χ0) is 24.4. The summed E-state index contributed by atoms with van der Waals surface area (Å²) in [4.78, 5) is 41.8. The molecule has 2 N–H and O–H groups in total. The molecule has 0 radical (unpaired) electrons. The Kier molecular flexibility index (Phi) is 6.88. The van der Waals surface area contributed by atoms with Crippen LogP contribution in [0, 0.1) is 5.92 Å². The maximum atomic E-state index is 13.0. The van der Waals surface area contributed by atoms with Crippen molar-refractivity contribution in [1.29, 1.82) is 0 Å². The lowest BCUT2D eigenvalue weighted by Crippen LogP contribution is -2.48. The number of nitrogens with one attached hydrogen (secondary N) is 2. The highest BCUT2D eigenvalue weighted by Gasteiger charge is 2.27. The third-order valence-electron chi connectivity index (χ3n) is 6.52. The van der Waals surface area contributed by atoms with Crippen LogP contribution in [0.2, 0.25) is 0 Å². The molecule has 2 aliphatic rings. The number of nitrogens with zero attached hydrogens (tertiary/aromatic N) is 2. The molecule has 0 saturated carbocycles. The van der Waals surface area contributed by atoms with Gasteiger partial charge in [-0.3, -0.25) is 14.4 Å². The van der Waals surface area contributed by atoms with Gasteiger partial charge in [-0.2, -0.15) is 0 Å². The molecular formula is C26H32N4O4. The molecule has 180 valence electrons. The molecule has 8 heteroatoms. The third kappa shape index (κ3) is 4.92. The summed E-state index contributed by atoms with van der Waals surface area (Å²) in [7, 11) is 3.62. The van der Waals surface area contributed by atoms with Crippen molar-refractivity contribution < 1.29 is 18.8 Å². The Bertz CT molecular complexity index is 1130. The fourth-order valence-electron chi connectivity index (χ4n) is 4.36. The molecular weight excluding hydrogens is 432 g/mol. The number of fused-ring (bicyclic) bond motifs is 1. The molecule has 2 heterocycles. The van der Waals surface area contributed by atoms with E-state index in [1.165, 1.54) is 0 Å². The van der Waals surface area contributed by atoms with E-state index < -0.39 is 11.9 Å². The van der Waals surface area contributed by atoms with Crippen molar-refractivity contribution in [2.75, 3.05) is 40.3 Å². The number of carbonyl (C=O) groups excluding carboxylic acids is 3. The zero-order valence-electron chi connectivity index (χ0n) is 20.2. The molecule has 1 aliphatic carbocycles. The van der Waals surface area contributed by atoms with E-state index >= 15 is 0 Å². The second-order valence-electron chi connectivity index (χ2n) is 9.33. The molecule has 1 aliphatic heterocycles. The quantitative estimate of drug-likeness (QED) is 0.683. The van der Waals surface area contributed by atoms with E-state index in [0.29, 0.717) is 12.2 Å². The minimum absolute atomic E-state index is 0.0645. The van der Waals surface area contributed by atoms with E-state index in [4.69, 9.17) is 4.42 Å². The number of hydrogen-bond acceptors (Lipinski definition) is 5. The number of benzene rings is 1. The van der Waals surface area contributed by atoms with Gasteiger partial charge in [-0.15, -0.1) is 0 Å². The van der Waals surface area contributed by atoms with Gasteiger partial charge >= 0.3 is 0 Å². The fourth-order valence-corrected chi connectivity index (χ4v) is 4.36. The smallest absolute Gasteiger partial charge is 0.287 e. The van der Waals surface area contributed by atoms with Gasteiger partial charge in [-0.1, -0.05) is 26.0 Å². The average Bonchev–Trinajstić information content (AvgIpc) is 3.48. The van der Waals surface area contributed by atoms with Crippen molar-refractivity contribution in [3.63, 3.8) is 0 Å². The molecule has 1 atom stereocenters. The lowest BCUT2D eigenvalue weighted by Gasteiger charge is -2.32. The van der Waals surface area contributed by atoms with Gasteiger partial charge in [-0.05, 0) is 48.4 Å². The predicted molar refractivity (Wildman–Crippen MR) is 130 cm³/mol. The SMILES string of the molecule is CNC(=O)[C@@H](NC(=O)c1ccc(-c2ccc3c(c2)CC(C(=O)N2CCN(C)CC2)=C3)o1)C(C)C. The predicted octanol–water partition coefficient (Wildman–Crippen LogP) is 2.16. The average molecular weight is 465 g/mol. The topological polar surface area (TPSA) is 94.9 Å². The van der Waals surface area contributed by atoms with Gasteiger partial charge in [0.25, 0.3) is 5.91 Å². The number of furan rings is 1. The highest BCUT2D eigenvalue weighted by molar-refractivity contribution is 6.00. The first-order valence-electron chi connectivity index (χ1n) is 11.7. The minimum Gasteiger partial charge on any atom is -0.451 e. The van der Waals surface area contributed by atoms with E-state index in [9.17, 15) is 14.4 Å². The van der Waals surface area contributed by atoms with Gasteiger partial charge in [0.05, 0.1) is 0 Å². The number of likely N-dealkylation sites (N-methyl/N-ethyl adjacent to an activating group) is 2. The van der Waals surface area contributed by atoms with E-state index in [1.807, 2.05) is 43.0 Å². The van der Waals surface area contributed by atoms with Crippen LogP contribution in [0.15, 0.2) is 40.3 Å². The van der Waals surface area contributed by atoms with Crippen LogP contribution in [0.4, 0.5) is 0 Å². The first-order valence-corrected chi connectivity index (χ1v) is 11.7. The van der Waals surface area contributed by atoms with Crippen molar-refractivity contribution in [3.05, 3.63) is 52.8 Å². The van der Waals surface area contributed by atoms with E-state index in [-0.39, 0.29) is 23.5 Å². The molecule has 1 fully saturated rings. The van der Waals surface area contributed by atoms with Gasteiger partial charge < -0.3 is 24.9 Å². The minimum atomic E-state index is -0.645. The summed E-state index contributed by atoms with van der Waals surface area (Å²) in [5.41, 5.74) is 3.75. The van der Waals surface area contributed by atoms with E-state index in [1.54, 1.807) is 19.2 Å². The molecule has 1 saturated heterocycles. The highest BCUT2D eigenvalue weighted by Crippen LogP contribution is 2.31. The van der Waals surface area contributed by atoms with Gasteiger partial charge in [0.2, 0.25) is 11.8 Å². The zero-order valence-corrected chi connectivity index (χ0v) is 20.2. The normalized spacial score (nSPS) is 16.7. The standard InChI is InChI=1S/C26H32N4O4/c1-16(2)23(25(32)27-3)28-24(31)22-8-7-21(34-22)18-6-5-17-13-20(15-19(17)14-18)26(33)30-11-9-29(4)10-12-30/h5-8,13-14,16,23H,9-12,15H2,1-4H3,(H,27,32)(H,28,31)/t23-/m0/s1. The lowest BCUT2D eigenvalue weighted by molar-refractivity contribution is -0.128. The lowest BCUT2D eigenvalue weighted by atomic mass is 10.0. The van der Waals surface area contributed by atoms with Gasteiger partial charge in [0.1, 0.15) is 11.8 Å². The second-order valence-corrected chi connectivity index (χ2v) is 9.33. The van der Waals surface area contributed by atoms with Crippen LogP contribution < -0.4 is 10.6 Å². The third-order valence-corrected chi connectivity index (χ3v) is 6.52. The molecule has 0 spiro atoms. The van der Waals surface area contributed by atoms with Crippen molar-refractivity contribution in [2.45, 2.75) is 26.3 Å². The van der Waals surface area contributed by atoms with Crippen LogP contribution in [0.25, 0.3) is 17.4 Å². The van der Waals surface area contributed by atoms with Gasteiger partial charge in [0, 0.05) is 50.8 Å². The number of rotatable bonds is 6. The second kappa shape index (κ2) is 9.85. The van der Waals surface area contributed by atoms with Crippen molar-refractivity contribution >= 4 is 23.8 Å². The van der Waals surface area contributed by atoms with Crippen molar-refractivity contribution in [1.82, 2.24) is 20.4 Å². The first-order chi connectivity index (χ1) is 16.3. The van der Waals surface area contributed by atoms with Crippen molar-refractivity contribution in [3.8, 4) is 11.3 Å². The monoisotopic (exact) mass is 464 g/mol. The Morgan fingerprint density at radius 1 is 1.03 bits per heavy atom. The number of hydrogen-bond donors (Lipinski definition) is 2. The van der Waals surface area contributed by atoms with Crippen LogP contribution in [0.3, 0.4) is 0 Å². The number of piperazine rings is 1. The van der Waals surface area contributed by atoms with E-state index in [0.717, 1.165) is 48.4 Å². The maximum Gasteiger partial charge on any atom is 0.287 e.